The van der Waals surface area contributed by atoms with E-state index >= 15 is 0 Å². The number of nitrogens with zero attached hydrogens (tertiary/aromatic N) is 1. The molecule has 1 atom stereocenters. The van der Waals surface area contributed by atoms with E-state index in [0.29, 0.717) is 32.0 Å². The Morgan fingerprint density at radius 3 is 3.00 bits per heavy atom. The highest BCUT2D eigenvalue weighted by atomic mass is 16.5. The van der Waals surface area contributed by atoms with Gasteiger partial charge in [0.1, 0.15) is 6.10 Å². The highest BCUT2D eigenvalue weighted by Crippen LogP contribution is 2.11. The lowest BCUT2D eigenvalue weighted by molar-refractivity contribution is -0.137. The summed E-state index contributed by atoms with van der Waals surface area (Å²) in [5.41, 5.74) is 0. The first-order valence-electron chi connectivity index (χ1n) is 5.47. The third-order valence-electron chi connectivity index (χ3n) is 2.70. The molecule has 3 heteroatoms. The van der Waals surface area contributed by atoms with Crippen LogP contribution in [0.4, 0.5) is 0 Å². The summed E-state index contributed by atoms with van der Waals surface area (Å²) < 4.78 is 5.46. The molecule has 1 saturated heterocycles. The summed E-state index contributed by atoms with van der Waals surface area (Å²) in [5.74, 6) is 2.62. The van der Waals surface area contributed by atoms with Crippen molar-refractivity contribution in [2.45, 2.75) is 38.8 Å². The van der Waals surface area contributed by atoms with Crippen molar-refractivity contribution in [1.29, 1.82) is 0 Å². The maximum atomic E-state index is 11.7. The van der Waals surface area contributed by atoms with Crippen LogP contribution < -0.4 is 0 Å². The average molecular weight is 209 g/mol. The van der Waals surface area contributed by atoms with Crippen LogP contribution in [-0.4, -0.2) is 42.5 Å². The number of rotatable bonds is 4. The molecule has 0 radical (unpaired) electrons. The molecule has 0 aliphatic carbocycles. The van der Waals surface area contributed by atoms with E-state index in [9.17, 15) is 4.79 Å². The third-order valence-corrected chi connectivity index (χ3v) is 2.70. The molecule has 0 saturated carbocycles. The second-order valence-electron chi connectivity index (χ2n) is 4.12. The molecule has 0 bridgehead atoms. The zero-order valence-electron chi connectivity index (χ0n) is 9.53. The van der Waals surface area contributed by atoms with Crippen LogP contribution in [-0.2, 0) is 9.53 Å². The van der Waals surface area contributed by atoms with Gasteiger partial charge in [0.15, 0.2) is 5.78 Å². The minimum Gasteiger partial charge on any atom is -0.368 e. The number of hydrogen-bond acceptors (Lipinski definition) is 3. The number of carbonyl (C=O) groups excluding carboxylic acids is 1. The number of hydrogen-bond donors (Lipinski definition) is 0. The topological polar surface area (TPSA) is 29.5 Å². The summed E-state index contributed by atoms with van der Waals surface area (Å²) in [4.78, 5) is 13.9. The van der Waals surface area contributed by atoms with Crippen LogP contribution in [0.3, 0.4) is 0 Å². The summed E-state index contributed by atoms with van der Waals surface area (Å²) in [7, 11) is 0. The van der Waals surface area contributed by atoms with Gasteiger partial charge in [0.25, 0.3) is 0 Å². The Hall–Kier alpha value is -0.850. The minimum absolute atomic E-state index is 0.137. The second kappa shape index (κ2) is 5.89. The maximum absolute atomic E-state index is 11.7. The summed E-state index contributed by atoms with van der Waals surface area (Å²) in [6.07, 6.45) is 5.81. The number of ketones is 1. The van der Waals surface area contributed by atoms with Gasteiger partial charge in [-0.15, -0.1) is 12.3 Å². The Morgan fingerprint density at radius 1 is 1.67 bits per heavy atom. The fraction of sp³-hybridized carbons (Fsp3) is 0.750. The van der Waals surface area contributed by atoms with Gasteiger partial charge < -0.3 is 4.74 Å². The van der Waals surface area contributed by atoms with Gasteiger partial charge in [0.05, 0.1) is 6.61 Å². The first kappa shape index (κ1) is 12.2. The van der Waals surface area contributed by atoms with Crippen molar-refractivity contribution in [3.05, 3.63) is 0 Å². The van der Waals surface area contributed by atoms with Gasteiger partial charge in [-0.1, -0.05) is 0 Å². The number of terminal acetylenes is 1. The van der Waals surface area contributed by atoms with Crippen LogP contribution in [0.2, 0.25) is 0 Å². The molecule has 0 spiro atoms. The molecule has 1 unspecified atom stereocenters. The average Bonchev–Trinajstić information content (AvgIpc) is 2.26. The second-order valence-corrected chi connectivity index (χ2v) is 4.12. The summed E-state index contributed by atoms with van der Waals surface area (Å²) in [5, 5.41) is 0. The Morgan fingerprint density at radius 2 is 2.40 bits per heavy atom. The van der Waals surface area contributed by atoms with Gasteiger partial charge in [-0.2, -0.15) is 0 Å². The SMILES string of the molecule is C#CCCC(=O)C1CN(C(C)C)CCO1. The monoisotopic (exact) mass is 209 g/mol. The molecular formula is C12H19NO2. The molecule has 1 rings (SSSR count). The Bertz CT molecular complexity index is 255. The fourth-order valence-electron chi connectivity index (χ4n) is 1.69. The van der Waals surface area contributed by atoms with Crippen LogP contribution >= 0.6 is 0 Å². The standard InChI is InChI=1S/C12H19NO2/c1-4-5-6-11(14)12-9-13(10(2)3)7-8-15-12/h1,10,12H,5-9H2,2-3H3. The van der Waals surface area contributed by atoms with Gasteiger partial charge in [0.2, 0.25) is 0 Å². The molecule has 1 fully saturated rings. The molecule has 0 N–H and O–H groups in total. The highest BCUT2D eigenvalue weighted by Gasteiger charge is 2.26. The van der Waals surface area contributed by atoms with E-state index in [-0.39, 0.29) is 11.9 Å². The predicted molar refractivity (Wildman–Crippen MR) is 59.5 cm³/mol. The number of carbonyl (C=O) groups is 1. The summed E-state index contributed by atoms with van der Waals surface area (Å²) in [6, 6.07) is 0.469. The zero-order chi connectivity index (χ0) is 11.3. The largest absolute Gasteiger partial charge is 0.368 e. The Kier molecular flexibility index (Phi) is 4.80. The molecule has 0 amide bonds. The van der Waals surface area contributed by atoms with Crippen LogP contribution in [0.15, 0.2) is 0 Å². The van der Waals surface area contributed by atoms with E-state index in [1.165, 1.54) is 0 Å². The van der Waals surface area contributed by atoms with Crippen molar-refractivity contribution in [3.63, 3.8) is 0 Å². The van der Waals surface area contributed by atoms with Gasteiger partial charge in [0, 0.05) is 32.0 Å². The normalized spacial score (nSPS) is 22.7. The fourth-order valence-corrected chi connectivity index (χ4v) is 1.69. The lowest BCUT2D eigenvalue weighted by atomic mass is 10.1. The smallest absolute Gasteiger partial charge is 0.163 e. The van der Waals surface area contributed by atoms with Crippen molar-refractivity contribution >= 4 is 5.78 Å². The van der Waals surface area contributed by atoms with Gasteiger partial charge >= 0.3 is 0 Å². The molecule has 0 aromatic heterocycles. The van der Waals surface area contributed by atoms with E-state index < -0.39 is 0 Å². The minimum atomic E-state index is -0.269. The van der Waals surface area contributed by atoms with E-state index in [0.717, 1.165) is 6.54 Å². The molecule has 3 nitrogen and oxygen atoms in total. The number of Topliss-reactive ketones (excluding diaryl/α,β-unsaturated/α-hetero) is 1. The van der Waals surface area contributed by atoms with Crippen molar-refractivity contribution < 1.29 is 9.53 Å². The van der Waals surface area contributed by atoms with Gasteiger partial charge in [-0.3, -0.25) is 9.69 Å². The predicted octanol–water partition coefficient (Wildman–Crippen LogP) is 1.08. The first-order chi connectivity index (χ1) is 7.15. The van der Waals surface area contributed by atoms with Gasteiger partial charge in [-0.25, -0.2) is 0 Å². The lowest BCUT2D eigenvalue weighted by Gasteiger charge is -2.34. The van der Waals surface area contributed by atoms with Crippen LogP contribution in [0.25, 0.3) is 0 Å². The van der Waals surface area contributed by atoms with E-state index in [4.69, 9.17) is 11.2 Å². The van der Waals surface area contributed by atoms with Crippen molar-refractivity contribution in [2.75, 3.05) is 19.7 Å². The summed E-state index contributed by atoms with van der Waals surface area (Å²) >= 11 is 0. The molecule has 0 aromatic carbocycles. The highest BCUT2D eigenvalue weighted by molar-refractivity contribution is 5.83. The molecule has 15 heavy (non-hydrogen) atoms. The van der Waals surface area contributed by atoms with Crippen molar-refractivity contribution in [3.8, 4) is 12.3 Å². The van der Waals surface area contributed by atoms with E-state index in [2.05, 4.69) is 24.7 Å². The third kappa shape index (κ3) is 3.65. The quantitative estimate of drug-likeness (QED) is 0.649. The molecule has 1 heterocycles. The van der Waals surface area contributed by atoms with Crippen LogP contribution in [0.1, 0.15) is 26.7 Å². The van der Waals surface area contributed by atoms with E-state index in [1.54, 1.807) is 0 Å². The molecule has 1 aliphatic rings. The van der Waals surface area contributed by atoms with Crippen molar-refractivity contribution in [2.24, 2.45) is 0 Å². The summed E-state index contributed by atoms with van der Waals surface area (Å²) in [6.45, 7) is 6.53. The van der Waals surface area contributed by atoms with Crippen molar-refractivity contribution in [1.82, 2.24) is 4.90 Å². The van der Waals surface area contributed by atoms with Crippen LogP contribution in [0, 0.1) is 12.3 Å². The van der Waals surface area contributed by atoms with Crippen LogP contribution in [0.5, 0.6) is 0 Å². The number of ether oxygens (including phenoxy) is 1. The molecule has 84 valence electrons. The lowest BCUT2D eigenvalue weighted by Crippen LogP contribution is -2.48. The zero-order valence-corrected chi connectivity index (χ0v) is 9.53. The number of morpholine rings is 1. The first-order valence-corrected chi connectivity index (χ1v) is 5.47. The maximum Gasteiger partial charge on any atom is 0.163 e. The molecular weight excluding hydrogens is 190 g/mol. The molecule has 1 aliphatic heterocycles. The Balaban J connectivity index is 2.42. The van der Waals surface area contributed by atoms with E-state index in [1.807, 2.05) is 0 Å². The molecule has 0 aromatic rings. The Labute approximate surface area is 91.8 Å². The van der Waals surface area contributed by atoms with Gasteiger partial charge in [-0.05, 0) is 13.8 Å².